The minimum Gasteiger partial charge on any atom is -0.497 e. The quantitative estimate of drug-likeness (QED) is 0.308. The standard InChI is InChI=1S/C25H21N3O4S/c1-16-3-5-17(6-4-16)15-26-28(25-27-20-9-8-19(30-2)14-23(20)33-25)24(29)18-7-10-21-22(13-18)32-12-11-31-21/h3-10,13-15H,11-12H2,1-2H3/b26-15+. The van der Waals surface area contributed by atoms with Crippen molar-refractivity contribution in [1.82, 2.24) is 4.98 Å². The van der Waals surface area contributed by atoms with E-state index in [4.69, 9.17) is 14.2 Å². The van der Waals surface area contributed by atoms with E-state index in [1.54, 1.807) is 31.5 Å². The van der Waals surface area contributed by atoms with E-state index in [-0.39, 0.29) is 5.91 Å². The van der Waals surface area contributed by atoms with Crippen molar-refractivity contribution in [3.63, 3.8) is 0 Å². The first kappa shape index (κ1) is 21.0. The van der Waals surface area contributed by atoms with Gasteiger partial charge in [-0.15, -0.1) is 0 Å². The van der Waals surface area contributed by atoms with Crippen molar-refractivity contribution in [1.29, 1.82) is 0 Å². The molecule has 0 saturated carbocycles. The number of hydrazone groups is 1. The molecular formula is C25H21N3O4S. The molecule has 0 radical (unpaired) electrons. The summed E-state index contributed by atoms with van der Waals surface area (Å²) >= 11 is 1.37. The lowest BCUT2D eigenvalue weighted by Gasteiger charge is -2.20. The van der Waals surface area contributed by atoms with Crippen molar-refractivity contribution in [2.45, 2.75) is 6.92 Å². The molecule has 5 rings (SSSR count). The van der Waals surface area contributed by atoms with E-state index in [9.17, 15) is 4.79 Å². The second-order valence-electron chi connectivity index (χ2n) is 7.46. The van der Waals surface area contributed by atoms with E-state index < -0.39 is 0 Å². The highest BCUT2D eigenvalue weighted by molar-refractivity contribution is 7.22. The molecule has 0 N–H and O–H groups in total. The summed E-state index contributed by atoms with van der Waals surface area (Å²) in [6.07, 6.45) is 1.65. The van der Waals surface area contributed by atoms with Crippen LogP contribution in [-0.2, 0) is 0 Å². The monoisotopic (exact) mass is 459 g/mol. The lowest BCUT2D eigenvalue weighted by Crippen LogP contribution is -2.26. The van der Waals surface area contributed by atoms with E-state index in [1.165, 1.54) is 16.3 Å². The Morgan fingerprint density at radius 1 is 1.06 bits per heavy atom. The Bertz CT molecular complexity index is 1350. The summed E-state index contributed by atoms with van der Waals surface area (Å²) in [5.41, 5.74) is 3.22. The lowest BCUT2D eigenvalue weighted by molar-refractivity contribution is 0.0986. The molecule has 3 aromatic carbocycles. The van der Waals surface area contributed by atoms with Gasteiger partial charge in [-0.25, -0.2) is 4.98 Å². The number of anilines is 1. The number of carbonyl (C=O) groups excluding carboxylic acids is 1. The van der Waals surface area contributed by atoms with Gasteiger partial charge in [-0.2, -0.15) is 10.1 Å². The van der Waals surface area contributed by atoms with Gasteiger partial charge in [-0.1, -0.05) is 41.2 Å². The number of nitrogens with zero attached hydrogens (tertiary/aromatic N) is 3. The minimum absolute atomic E-state index is 0.318. The summed E-state index contributed by atoms with van der Waals surface area (Å²) < 4.78 is 17.4. The van der Waals surface area contributed by atoms with Crippen molar-refractivity contribution in [2.24, 2.45) is 5.10 Å². The molecule has 0 fully saturated rings. The molecule has 1 amide bonds. The first-order valence-electron chi connectivity index (χ1n) is 10.4. The fraction of sp³-hybridized carbons (Fsp3) is 0.160. The van der Waals surface area contributed by atoms with Crippen molar-refractivity contribution in [3.8, 4) is 17.2 Å². The number of rotatable bonds is 5. The second-order valence-corrected chi connectivity index (χ2v) is 8.47. The predicted molar refractivity (Wildman–Crippen MR) is 129 cm³/mol. The van der Waals surface area contributed by atoms with E-state index >= 15 is 0 Å². The second kappa shape index (κ2) is 8.91. The highest BCUT2D eigenvalue weighted by Gasteiger charge is 2.23. The summed E-state index contributed by atoms with van der Waals surface area (Å²) in [6, 6.07) is 18.6. The fourth-order valence-electron chi connectivity index (χ4n) is 3.37. The molecule has 0 saturated heterocycles. The van der Waals surface area contributed by atoms with Gasteiger partial charge < -0.3 is 14.2 Å². The van der Waals surface area contributed by atoms with Crippen LogP contribution in [0, 0.1) is 6.92 Å². The zero-order valence-corrected chi connectivity index (χ0v) is 19.0. The van der Waals surface area contributed by atoms with E-state index in [0.717, 1.165) is 27.1 Å². The Hall–Kier alpha value is -3.91. The maximum atomic E-state index is 13.6. The third kappa shape index (κ3) is 4.38. The molecule has 0 bridgehead atoms. The Morgan fingerprint density at radius 2 is 1.85 bits per heavy atom. The SMILES string of the molecule is COc1ccc2nc(N(/N=C/c3ccc(C)cc3)C(=O)c3ccc4c(c3)OCCO4)sc2c1. The van der Waals surface area contributed by atoms with Crippen molar-refractivity contribution in [2.75, 3.05) is 25.3 Å². The zero-order valence-electron chi connectivity index (χ0n) is 18.1. The number of methoxy groups -OCH3 is 1. The van der Waals surface area contributed by atoms with Crippen molar-refractivity contribution < 1.29 is 19.0 Å². The van der Waals surface area contributed by atoms with Crippen LogP contribution in [0.15, 0.2) is 65.8 Å². The first-order valence-corrected chi connectivity index (χ1v) is 11.2. The van der Waals surface area contributed by atoms with Gasteiger partial charge in [0.05, 0.1) is 23.5 Å². The van der Waals surface area contributed by atoms with E-state index in [0.29, 0.717) is 35.4 Å². The fourth-order valence-corrected chi connectivity index (χ4v) is 4.33. The molecule has 1 aromatic heterocycles. The highest BCUT2D eigenvalue weighted by atomic mass is 32.1. The Kier molecular flexibility index (Phi) is 5.66. The molecule has 0 spiro atoms. The summed E-state index contributed by atoms with van der Waals surface area (Å²) in [4.78, 5) is 18.2. The molecule has 2 heterocycles. The molecule has 0 unspecified atom stereocenters. The van der Waals surface area contributed by atoms with Gasteiger partial charge in [0.25, 0.3) is 5.91 Å². The van der Waals surface area contributed by atoms with Crippen LogP contribution >= 0.6 is 11.3 Å². The smallest absolute Gasteiger partial charge is 0.280 e. The van der Waals surface area contributed by atoms with Crippen LogP contribution in [0.2, 0.25) is 0 Å². The first-order chi connectivity index (χ1) is 16.1. The van der Waals surface area contributed by atoms with Crippen LogP contribution in [-0.4, -0.2) is 37.4 Å². The van der Waals surface area contributed by atoms with Gasteiger partial charge in [-0.3, -0.25) is 4.79 Å². The average molecular weight is 460 g/mol. The minimum atomic E-state index is -0.318. The average Bonchev–Trinajstić information content (AvgIpc) is 3.27. The van der Waals surface area contributed by atoms with Crippen LogP contribution in [0.3, 0.4) is 0 Å². The lowest BCUT2D eigenvalue weighted by atomic mass is 10.1. The number of hydrogen-bond donors (Lipinski definition) is 0. The van der Waals surface area contributed by atoms with Gasteiger partial charge in [0, 0.05) is 5.56 Å². The predicted octanol–water partition coefficient (Wildman–Crippen LogP) is 5.07. The molecule has 1 aliphatic heterocycles. The third-order valence-electron chi connectivity index (χ3n) is 5.15. The zero-order chi connectivity index (χ0) is 22.8. The van der Waals surface area contributed by atoms with Crippen LogP contribution in [0.25, 0.3) is 10.2 Å². The van der Waals surface area contributed by atoms with E-state index in [1.807, 2.05) is 49.4 Å². The number of aryl methyl sites for hydroxylation is 1. The van der Waals surface area contributed by atoms with Gasteiger partial charge in [0.2, 0.25) is 5.13 Å². The maximum absolute atomic E-state index is 13.6. The van der Waals surface area contributed by atoms with Crippen molar-refractivity contribution in [3.05, 3.63) is 77.4 Å². The number of benzene rings is 3. The topological polar surface area (TPSA) is 73.2 Å². The van der Waals surface area contributed by atoms with Gasteiger partial charge in [-0.05, 0) is 48.9 Å². The molecule has 4 aromatic rings. The number of thiazole rings is 1. The molecule has 8 heteroatoms. The summed E-state index contributed by atoms with van der Waals surface area (Å²) in [7, 11) is 1.62. The Balaban J connectivity index is 1.54. The molecule has 7 nitrogen and oxygen atoms in total. The van der Waals surface area contributed by atoms with Gasteiger partial charge >= 0.3 is 0 Å². The van der Waals surface area contributed by atoms with Crippen molar-refractivity contribution >= 4 is 38.8 Å². The van der Waals surface area contributed by atoms with Gasteiger partial charge in [0.15, 0.2) is 11.5 Å². The van der Waals surface area contributed by atoms with Crippen LogP contribution in [0.1, 0.15) is 21.5 Å². The molecule has 0 aliphatic carbocycles. The summed E-state index contributed by atoms with van der Waals surface area (Å²) in [5.74, 6) is 1.58. The largest absolute Gasteiger partial charge is 0.497 e. The Morgan fingerprint density at radius 3 is 2.64 bits per heavy atom. The Labute approximate surface area is 194 Å². The maximum Gasteiger partial charge on any atom is 0.280 e. The number of ether oxygens (including phenoxy) is 3. The molecule has 0 atom stereocenters. The third-order valence-corrected chi connectivity index (χ3v) is 6.14. The van der Waals surface area contributed by atoms with Crippen LogP contribution < -0.4 is 19.2 Å². The van der Waals surface area contributed by atoms with E-state index in [2.05, 4.69) is 10.1 Å². The van der Waals surface area contributed by atoms with Crippen LogP contribution in [0.5, 0.6) is 17.2 Å². The number of fused-ring (bicyclic) bond motifs is 2. The molecule has 1 aliphatic rings. The number of amides is 1. The highest BCUT2D eigenvalue weighted by Crippen LogP contribution is 2.34. The molecule has 166 valence electrons. The molecule has 33 heavy (non-hydrogen) atoms. The van der Waals surface area contributed by atoms with Crippen LogP contribution in [0.4, 0.5) is 5.13 Å². The number of hydrogen-bond acceptors (Lipinski definition) is 7. The normalized spacial score (nSPS) is 12.8. The van der Waals surface area contributed by atoms with Gasteiger partial charge in [0.1, 0.15) is 19.0 Å². The molecular weight excluding hydrogens is 438 g/mol. The summed E-state index contributed by atoms with van der Waals surface area (Å²) in [6.45, 7) is 2.95. The summed E-state index contributed by atoms with van der Waals surface area (Å²) in [5, 5.41) is 6.31. The number of aromatic nitrogens is 1. The number of carbonyl (C=O) groups is 1.